The fraction of sp³-hybridized carbons (Fsp3) is 0.700. The van der Waals surface area contributed by atoms with Gasteiger partial charge in [-0.2, -0.15) is 0 Å². The summed E-state index contributed by atoms with van der Waals surface area (Å²) >= 11 is 0. The molecule has 0 radical (unpaired) electrons. The molecule has 0 aliphatic carbocycles. The Morgan fingerprint density at radius 1 is 1.67 bits per heavy atom. The Bertz CT molecular complexity index is 196. The number of carbonyl (C=O) groups excluding carboxylic acids is 1. The molecular weight excluding hydrogens is 150 g/mol. The molecule has 12 heavy (non-hydrogen) atoms. The van der Waals surface area contributed by atoms with Crippen molar-refractivity contribution in [2.24, 2.45) is 0 Å². The highest BCUT2D eigenvalue weighted by atomic mass is 16.1. The molecule has 0 saturated heterocycles. The minimum atomic E-state index is 0.366. The van der Waals surface area contributed by atoms with Gasteiger partial charge in [-0.3, -0.25) is 4.79 Å². The molecule has 1 rings (SSSR count). The van der Waals surface area contributed by atoms with Crippen LogP contribution < -0.4 is 0 Å². The van der Waals surface area contributed by atoms with E-state index in [0.717, 1.165) is 19.5 Å². The van der Waals surface area contributed by atoms with Crippen molar-refractivity contribution in [1.82, 2.24) is 4.90 Å². The van der Waals surface area contributed by atoms with Crippen LogP contribution in [0.1, 0.15) is 26.2 Å². The van der Waals surface area contributed by atoms with Crippen LogP contribution in [0.5, 0.6) is 0 Å². The van der Waals surface area contributed by atoms with Crippen molar-refractivity contribution >= 4 is 5.78 Å². The van der Waals surface area contributed by atoms with E-state index in [1.54, 1.807) is 0 Å². The van der Waals surface area contributed by atoms with Crippen LogP contribution in [0.15, 0.2) is 11.6 Å². The molecule has 1 aliphatic heterocycles. The molecule has 0 bridgehead atoms. The molecule has 0 amide bonds. The zero-order chi connectivity index (χ0) is 8.97. The fourth-order valence-corrected chi connectivity index (χ4v) is 1.35. The summed E-state index contributed by atoms with van der Waals surface area (Å²) in [7, 11) is 2.11. The molecule has 0 aromatic rings. The van der Waals surface area contributed by atoms with E-state index in [1.165, 1.54) is 5.57 Å². The van der Waals surface area contributed by atoms with Gasteiger partial charge in [0.1, 0.15) is 5.78 Å². The average molecular weight is 167 g/mol. The summed E-state index contributed by atoms with van der Waals surface area (Å²) < 4.78 is 0. The number of rotatable bonds is 3. The quantitative estimate of drug-likeness (QED) is 0.595. The summed E-state index contributed by atoms with van der Waals surface area (Å²) in [5.41, 5.74) is 1.33. The van der Waals surface area contributed by atoms with Crippen molar-refractivity contribution in [1.29, 1.82) is 0 Å². The Balaban J connectivity index is 2.38. The van der Waals surface area contributed by atoms with Gasteiger partial charge >= 0.3 is 0 Å². The van der Waals surface area contributed by atoms with Crippen molar-refractivity contribution in [3.05, 3.63) is 11.6 Å². The van der Waals surface area contributed by atoms with Gasteiger partial charge in [-0.25, -0.2) is 0 Å². The van der Waals surface area contributed by atoms with Gasteiger partial charge in [0.05, 0.1) is 0 Å². The molecule has 1 aliphatic rings. The highest BCUT2D eigenvalue weighted by Crippen LogP contribution is 2.13. The lowest BCUT2D eigenvalue weighted by Crippen LogP contribution is -2.24. The van der Waals surface area contributed by atoms with Gasteiger partial charge in [0, 0.05) is 25.9 Å². The molecule has 2 nitrogen and oxygen atoms in total. The molecule has 0 spiro atoms. The first kappa shape index (κ1) is 9.46. The van der Waals surface area contributed by atoms with E-state index < -0.39 is 0 Å². The van der Waals surface area contributed by atoms with Gasteiger partial charge in [-0.1, -0.05) is 18.6 Å². The summed E-state index contributed by atoms with van der Waals surface area (Å²) in [4.78, 5) is 13.4. The summed E-state index contributed by atoms with van der Waals surface area (Å²) in [5.74, 6) is 0.366. The van der Waals surface area contributed by atoms with E-state index >= 15 is 0 Å². The second-order valence-corrected chi connectivity index (χ2v) is 3.44. The Morgan fingerprint density at radius 3 is 2.92 bits per heavy atom. The molecule has 2 heteroatoms. The number of ketones is 1. The number of carbonyl (C=O) groups is 1. The van der Waals surface area contributed by atoms with Crippen molar-refractivity contribution < 1.29 is 4.79 Å². The first-order valence-electron chi connectivity index (χ1n) is 4.60. The summed E-state index contributed by atoms with van der Waals surface area (Å²) in [6.07, 6.45) is 4.62. The summed E-state index contributed by atoms with van der Waals surface area (Å²) in [6.45, 7) is 4.03. The number of hydrogen-bond donors (Lipinski definition) is 0. The first-order chi connectivity index (χ1) is 5.72. The van der Waals surface area contributed by atoms with Crippen molar-refractivity contribution in [3.63, 3.8) is 0 Å². The largest absolute Gasteiger partial charge is 0.302 e. The van der Waals surface area contributed by atoms with Gasteiger partial charge in [0.25, 0.3) is 0 Å². The minimum absolute atomic E-state index is 0.366. The highest BCUT2D eigenvalue weighted by molar-refractivity contribution is 5.80. The summed E-state index contributed by atoms with van der Waals surface area (Å²) in [6, 6.07) is 0. The standard InChI is InChI=1S/C10H17NO/c1-3-10(12)8-9-4-6-11(2)7-5-9/h4H,3,5-8H2,1-2H3. The maximum atomic E-state index is 11.1. The van der Waals surface area contributed by atoms with Crippen LogP contribution in [-0.2, 0) is 4.79 Å². The molecule has 0 unspecified atom stereocenters. The molecular formula is C10H17NO. The van der Waals surface area contributed by atoms with Gasteiger partial charge in [-0.05, 0) is 13.5 Å². The third-order valence-corrected chi connectivity index (χ3v) is 2.32. The Kier molecular flexibility index (Phi) is 3.48. The van der Waals surface area contributed by atoms with E-state index in [-0.39, 0.29) is 0 Å². The Morgan fingerprint density at radius 2 is 2.42 bits per heavy atom. The average Bonchev–Trinajstić information content (AvgIpc) is 2.09. The molecule has 1 heterocycles. The van der Waals surface area contributed by atoms with Gasteiger partial charge in [0.2, 0.25) is 0 Å². The van der Waals surface area contributed by atoms with Gasteiger partial charge in [-0.15, -0.1) is 0 Å². The van der Waals surface area contributed by atoms with Gasteiger partial charge < -0.3 is 4.90 Å². The SMILES string of the molecule is CCC(=O)CC1=CCN(C)CC1. The van der Waals surface area contributed by atoms with E-state index in [4.69, 9.17) is 0 Å². The predicted molar refractivity (Wildman–Crippen MR) is 50.1 cm³/mol. The smallest absolute Gasteiger partial charge is 0.136 e. The van der Waals surface area contributed by atoms with E-state index in [1.807, 2.05) is 6.92 Å². The van der Waals surface area contributed by atoms with Crippen LogP contribution in [0.2, 0.25) is 0 Å². The van der Waals surface area contributed by atoms with E-state index in [2.05, 4.69) is 18.0 Å². The number of Topliss-reactive ketones (excluding diaryl/α,β-unsaturated/α-hetero) is 1. The lowest BCUT2D eigenvalue weighted by Gasteiger charge is -2.21. The van der Waals surface area contributed by atoms with E-state index in [9.17, 15) is 4.79 Å². The second-order valence-electron chi connectivity index (χ2n) is 3.44. The zero-order valence-electron chi connectivity index (χ0n) is 7.97. The highest BCUT2D eigenvalue weighted by Gasteiger charge is 2.09. The van der Waals surface area contributed by atoms with Crippen LogP contribution in [0.3, 0.4) is 0 Å². The Hall–Kier alpha value is -0.630. The van der Waals surface area contributed by atoms with Crippen molar-refractivity contribution in [2.45, 2.75) is 26.2 Å². The first-order valence-corrected chi connectivity index (χ1v) is 4.60. The lowest BCUT2D eigenvalue weighted by atomic mass is 10.0. The van der Waals surface area contributed by atoms with Crippen LogP contribution in [0.4, 0.5) is 0 Å². The van der Waals surface area contributed by atoms with Crippen LogP contribution in [0.25, 0.3) is 0 Å². The van der Waals surface area contributed by atoms with Crippen molar-refractivity contribution in [2.75, 3.05) is 20.1 Å². The topological polar surface area (TPSA) is 20.3 Å². The maximum Gasteiger partial charge on any atom is 0.136 e. The van der Waals surface area contributed by atoms with Crippen LogP contribution in [0, 0.1) is 0 Å². The Labute approximate surface area is 74.2 Å². The molecule has 68 valence electrons. The molecule has 0 saturated carbocycles. The lowest BCUT2D eigenvalue weighted by molar-refractivity contribution is -0.118. The number of hydrogen-bond acceptors (Lipinski definition) is 2. The van der Waals surface area contributed by atoms with Gasteiger partial charge in [0.15, 0.2) is 0 Å². The number of nitrogens with zero attached hydrogens (tertiary/aromatic N) is 1. The van der Waals surface area contributed by atoms with Crippen molar-refractivity contribution in [3.8, 4) is 0 Å². The predicted octanol–water partition coefficient (Wildman–Crippen LogP) is 1.62. The summed E-state index contributed by atoms with van der Waals surface area (Å²) in [5, 5.41) is 0. The van der Waals surface area contributed by atoms with E-state index in [0.29, 0.717) is 18.6 Å². The fourth-order valence-electron chi connectivity index (χ4n) is 1.35. The number of likely N-dealkylation sites (N-methyl/N-ethyl adjacent to an activating group) is 1. The molecule has 0 fully saturated rings. The molecule has 0 aromatic heterocycles. The second kappa shape index (κ2) is 4.41. The van der Waals surface area contributed by atoms with Crippen LogP contribution in [-0.4, -0.2) is 30.8 Å². The third-order valence-electron chi connectivity index (χ3n) is 2.32. The molecule has 0 aromatic carbocycles. The van der Waals surface area contributed by atoms with Crippen LogP contribution >= 0.6 is 0 Å². The normalized spacial score (nSPS) is 19.0. The minimum Gasteiger partial charge on any atom is -0.302 e. The monoisotopic (exact) mass is 167 g/mol. The third kappa shape index (κ3) is 2.78. The molecule has 0 N–H and O–H groups in total. The maximum absolute atomic E-state index is 11.1. The molecule has 0 atom stereocenters. The zero-order valence-corrected chi connectivity index (χ0v) is 7.97.